The van der Waals surface area contributed by atoms with Crippen molar-refractivity contribution >= 4 is 0 Å². The highest BCUT2D eigenvalue weighted by Gasteiger charge is 2.17. The van der Waals surface area contributed by atoms with E-state index < -0.39 is 0 Å². The maximum atomic E-state index is 5.91. The molecule has 1 aromatic heterocycles. The molecule has 1 unspecified atom stereocenters. The van der Waals surface area contributed by atoms with Gasteiger partial charge in [-0.05, 0) is 18.9 Å². The molecule has 1 heterocycles. The Bertz CT molecular complexity index is 342. The second-order valence-corrected chi connectivity index (χ2v) is 4.94. The molecule has 1 aromatic rings. The van der Waals surface area contributed by atoms with E-state index in [0.717, 1.165) is 24.6 Å². The van der Waals surface area contributed by atoms with Crippen LogP contribution in [0.4, 0.5) is 0 Å². The van der Waals surface area contributed by atoms with Gasteiger partial charge >= 0.3 is 0 Å². The predicted octanol–water partition coefficient (Wildman–Crippen LogP) is 2.01. The number of rotatable bonds is 8. The Kier molecular flexibility index (Phi) is 6.36. The summed E-state index contributed by atoms with van der Waals surface area (Å²) < 4.78 is 1.88. The highest BCUT2D eigenvalue weighted by Crippen LogP contribution is 2.17. The first-order chi connectivity index (χ1) is 8.65. The molecule has 0 aliphatic rings. The van der Waals surface area contributed by atoms with Crippen LogP contribution in [0.1, 0.15) is 50.9 Å². The van der Waals surface area contributed by atoms with Crippen molar-refractivity contribution in [3.05, 3.63) is 17.5 Å². The van der Waals surface area contributed by atoms with E-state index in [-0.39, 0.29) is 6.04 Å². The van der Waals surface area contributed by atoms with E-state index in [2.05, 4.69) is 37.4 Å². The minimum atomic E-state index is 0.231. The molecule has 0 aliphatic carbocycles. The lowest BCUT2D eigenvalue weighted by Crippen LogP contribution is -2.32. The molecule has 0 radical (unpaired) electrons. The van der Waals surface area contributed by atoms with E-state index in [4.69, 9.17) is 5.73 Å². The molecule has 0 amide bonds. The topological polar surface area (TPSA) is 55.9 Å². The predicted molar refractivity (Wildman–Crippen MR) is 76.5 cm³/mol. The number of aryl methyl sites for hydroxylation is 2. The lowest BCUT2D eigenvalue weighted by atomic mass is 10.0. The van der Waals surface area contributed by atoms with Crippen molar-refractivity contribution in [2.75, 3.05) is 13.1 Å². The van der Waals surface area contributed by atoms with Crippen LogP contribution in [0.15, 0.2) is 6.20 Å². The van der Waals surface area contributed by atoms with Crippen LogP contribution in [-0.4, -0.2) is 22.9 Å². The first kappa shape index (κ1) is 15.2. The average molecular weight is 252 g/mol. The van der Waals surface area contributed by atoms with Gasteiger partial charge in [0, 0.05) is 31.4 Å². The summed E-state index contributed by atoms with van der Waals surface area (Å²) in [5, 5.41) is 8.08. The summed E-state index contributed by atoms with van der Waals surface area (Å²) in [4.78, 5) is 0. The molecule has 18 heavy (non-hydrogen) atoms. The third-order valence-corrected chi connectivity index (χ3v) is 3.69. The van der Waals surface area contributed by atoms with Crippen molar-refractivity contribution in [3.8, 4) is 0 Å². The highest BCUT2D eigenvalue weighted by atomic mass is 15.3. The summed E-state index contributed by atoms with van der Waals surface area (Å²) in [6.45, 7) is 8.29. The standard InChI is InChI=1S/C14H28N4/c1-5-11(6-2)9-16-14(8-15)12-10-18(4)17-13(12)7-3/h10-11,14,16H,5-9,15H2,1-4H3. The van der Waals surface area contributed by atoms with Crippen LogP contribution in [0.5, 0.6) is 0 Å². The highest BCUT2D eigenvalue weighted by molar-refractivity contribution is 5.21. The minimum Gasteiger partial charge on any atom is -0.329 e. The molecular weight excluding hydrogens is 224 g/mol. The van der Waals surface area contributed by atoms with Crippen LogP contribution < -0.4 is 11.1 Å². The van der Waals surface area contributed by atoms with Crippen molar-refractivity contribution in [2.24, 2.45) is 18.7 Å². The van der Waals surface area contributed by atoms with Crippen LogP contribution in [0, 0.1) is 5.92 Å². The number of hydrogen-bond acceptors (Lipinski definition) is 3. The number of aromatic nitrogens is 2. The van der Waals surface area contributed by atoms with E-state index in [1.54, 1.807) is 0 Å². The van der Waals surface area contributed by atoms with Gasteiger partial charge in [-0.3, -0.25) is 4.68 Å². The van der Waals surface area contributed by atoms with E-state index in [9.17, 15) is 0 Å². The summed E-state index contributed by atoms with van der Waals surface area (Å²) in [6.07, 6.45) is 5.48. The van der Waals surface area contributed by atoms with Gasteiger partial charge in [-0.15, -0.1) is 0 Å². The molecule has 4 nitrogen and oxygen atoms in total. The van der Waals surface area contributed by atoms with Crippen LogP contribution in [0.3, 0.4) is 0 Å². The van der Waals surface area contributed by atoms with Crippen molar-refractivity contribution < 1.29 is 0 Å². The molecule has 104 valence electrons. The van der Waals surface area contributed by atoms with Gasteiger partial charge in [0.25, 0.3) is 0 Å². The Balaban J connectivity index is 2.70. The lowest BCUT2D eigenvalue weighted by molar-refractivity contribution is 0.413. The van der Waals surface area contributed by atoms with Gasteiger partial charge in [0.2, 0.25) is 0 Å². The van der Waals surface area contributed by atoms with E-state index in [1.165, 1.54) is 18.4 Å². The fraction of sp³-hybridized carbons (Fsp3) is 0.786. The van der Waals surface area contributed by atoms with Gasteiger partial charge in [0.15, 0.2) is 0 Å². The van der Waals surface area contributed by atoms with Gasteiger partial charge in [0.1, 0.15) is 0 Å². The maximum absolute atomic E-state index is 5.91. The Morgan fingerprint density at radius 1 is 1.33 bits per heavy atom. The molecular formula is C14H28N4. The second-order valence-electron chi connectivity index (χ2n) is 4.94. The van der Waals surface area contributed by atoms with E-state index in [0.29, 0.717) is 6.54 Å². The fourth-order valence-electron chi connectivity index (χ4n) is 2.33. The molecule has 0 fully saturated rings. The van der Waals surface area contributed by atoms with Gasteiger partial charge in [-0.1, -0.05) is 33.6 Å². The Morgan fingerprint density at radius 3 is 2.50 bits per heavy atom. The zero-order chi connectivity index (χ0) is 13.5. The summed E-state index contributed by atoms with van der Waals surface area (Å²) >= 11 is 0. The van der Waals surface area contributed by atoms with Crippen molar-refractivity contribution in [3.63, 3.8) is 0 Å². The molecule has 1 rings (SSSR count). The molecule has 1 atom stereocenters. The molecule has 0 aliphatic heterocycles. The van der Waals surface area contributed by atoms with Gasteiger partial charge < -0.3 is 11.1 Å². The normalized spacial score (nSPS) is 13.2. The summed E-state index contributed by atoms with van der Waals surface area (Å²) in [7, 11) is 1.97. The molecule has 0 saturated carbocycles. The third kappa shape index (κ3) is 3.82. The zero-order valence-electron chi connectivity index (χ0n) is 12.2. The molecule has 0 bridgehead atoms. The van der Waals surface area contributed by atoms with E-state index >= 15 is 0 Å². The first-order valence-electron chi connectivity index (χ1n) is 7.11. The summed E-state index contributed by atoms with van der Waals surface area (Å²) in [5.74, 6) is 0.737. The number of nitrogens with one attached hydrogen (secondary N) is 1. The van der Waals surface area contributed by atoms with Gasteiger partial charge in [-0.25, -0.2) is 0 Å². The molecule has 0 saturated heterocycles. The summed E-state index contributed by atoms with van der Waals surface area (Å²) in [5.41, 5.74) is 8.32. The largest absolute Gasteiger partial charge is 0.329 e. The third-order valence-electron chi connectivity index (χ3n) is 3.69. The first-order valence-corrected chi connectivity index (χ1v) is 7.11. The Hall–Kier alpha value is -0.870. The van der Waals surface area contributed by atoms with Gasteiger partial charge in [-0.2, -0.15) is 5.10 Å². The van der Waals surface area contributed by atoms with E-state index in [1.807, 2.05) is 11.7 Å². The molecule has 0 spiro atoms. The van der Waals surface area contributed by atoms with Crippen molar-refractivity contribution in [2.45, 2.75) is 46.1 Å². The monoisotopic (exact) mass is 252 g/mol. The number of nitrogens with two attached hydrogens (primary N) is 1. The van der Waals surface area contributed by atoms with Gasteiger partial charge in [0.05, 0.1) is 5.69 Å². The SMILES string of the molecule is CCc1nn(C)cc1C(CN)NCC(CC)CC. The quantitative estimate of drug-likeness (QED) is 0.744. The zero-order valence-corrected chi connectivity index (χ0v) is 12.2. The molecule has 4 heteroatoms. The maximum Gasteiger partial charge on any atom is 0.0670 e. The molecule has 0 aromatic carbocycles. The lowest BCUT2D eigenvalue weighted by Gasteiger charge is -2.20. The van der Waals surface area contributed by atoms with Crippen LogP contribution in [0.25, 0.3) is 0 Å². The van der Waals surface area contributed by atoms with Crippen LogP contribution in [-0.2, 0) is 13.5 Å². The second kappa shape index (κ2) is 7.54. The number of hydrogen-bond donors (Lipinski definition) is 2. The minimum absolute atomic E-state index is 0.231. The van der Waals surface area contributed by atoms with Crippen LogP contribution in [0.2, 0.25) is 0 Å². The molecule has 3 N–H and O–H groups in total. The Morgan fingerprint density at radius 2 is 2.00 bits per heavy atom. The Labute approximate surface area is 111 Å². The van der Waals surface area contributed by atoms with Crippen molar-refractivity contribution in [1.82, 2.24) is 15.1 Å². The summed E-state index contributed by atoms with van der Waals surface area (Å²) in [6, 6.07) is 0.231. The number of nitrogens with zero attached hydrogens (tertiary/aromatic N) is 2. The fourth-order valence-corrected chi connectivity index (χ4v) is 2.33. The van der Waals surface area contributed by atoms with Crippen LogP contribution >= 0.6 is 0 Å². The van der Waals surface area contributed by atoms with Crippen molar-refractivity contribution in [1.29, 1.82) is 0 Å². The smallest absolute Gasteiger partial charge is 0.0670 e. The average Bonchev–Trinajstić information content (AvgIpc) is 2.76.